The Kier molecular flexibility index (Phi) is 3.96. The van der Waals surface area contributed by atoms with Crippen LogP contribution in [0.4, 0.5) is 0 Å². The lowest BCUT2D eigenvalue weighted by atomic mass is 9.92. The first-order valence-electron chi connectivity index (χ1n) is 7.77. The van der Waals surface area contributed by atoms with Crippen molar-refractivity contribution >= 4 is 11.9 Å². The third kappa shape index (κ3) is 2.97. The average molecular weight is 281 g/mol. The fraction of sp³-hybridized carbons (Fsp3) is 0.867. The first-order chi connectivity index (χ1) is 9.65. The Morgan fingerprint density at radius 3 is 2.60 bits per heavy atom. The van der Waals surface area contributed by atoms with Gasteiger partial charge in [0.2, 0.25) is 5.91 Å². The normalized spacial score (nSPS) is 33.6. The highest BCUT2D eigenvalue weighted by atomic mass is 16.5. The summed E-state index contributed by atoms with van der Waals surface area (Å²) >= 11 is 0. The topological polar surface area (TPSA) is 66.8 Å². The molecule has 2 aliphatic heterocycles. The number of carboxylic acids is 1. The third-order valence-corrected chi connectivity index (χ3v) is 4.97. The number of amides is 1. The zero-order valence-corrected chi connectivity index (χ0v) is 11.8. The summed E-state index contributed by atoms with van der Waals surface area (Å²) in [5.74, 6) is -0.272. The van der Waals surface area contributed by atoms with Crippen LogP contribution in [0.25, 0.3) is 0 Å². The zero-order chi connectivity index (χ0) is 14.1. The molecule has 3 atom stereocenters. The highest BCUT2D eigenvalue weighted by Gasteiger charge is 2.46. The summed E-state index contributed by atoms with van der Waals surface area (Å²) in [6.07, 6.45) is 5.91. The number of carbonyl (C=O) groups is 2. The molecule has 1 unspecified atom stereocenters. The fourth-order valence-electron chi connectivity index (χ4n) is 3.61. The number of likely N-dealkylation sites (tertiary alicyclic amines) is 1. The van der Waals surface area contributed by atoms with Crippen molar-refractivity contribution in [2.45, 2.75) is 44.6 Å². The Morgan fingerprint density at radius 1 is 1.20 bits per heavy atom. The lowest BCUT2D eigenvalue weighted by Crippen LogP contribution is -2.30. The minimum Gasteiger partial charge on any atom is -0.481 e. The number of rotatable bonds is 5. The van der Waals surface area contributed by atoms with Crippen LogP contribution in [0.15, 0.2) is 0 Å². The zero-order valence-electron chi connectivity index (χ0n) is 11.8. The summed E-state index contributed by atoms with van der Waals surface area (Å²) < 4.78 is 5.53. The number of aliphatic carboxylic acids is 1. The molecule has 0 spiro atoms. The molecule has 2 saturated heterocycles. The molecule has 1 N–H and O–H groups in total. The van der Waals surface area contributed by atoms with E-state index >= 15 is 0 Å². The van der Waals surface area contributed by atoms with Gasteiger partial charge in [0.15, 0.2) is 0 Å². The molecule has 0 bridgehead atoms. The van der Waals surface area contributed by atoms with Gasteiger partial charge in [-0.15, -0.1) is 0 Å². The Hall–Kier alpha value is -1.10. The van der Waals surface area contributed by atoms with Crippen LogP contribution in [-0.4, -0.2) is 47.7 Å². The molecule has 2 heterocycles. The summed E-state index contributed by atoms with van der Waals surface area (Å²) in [6, 6.07) is 0. The predicted octanol–water partition coefficient (Wildman–Crippen LogP) is 1.51. The van der Waals surface area contributed by atoms with E-state index in [1.165, 1.54) is 0 Å². The van der Waals surface area contributed by atoms with Crippen molar-refractivity contribution in [2.24, 2.45) is 17.8 Å². The van der Waals surface area contributed by atoms with E-state index in [4.69, 9.17) is 4.74 Å². The largest absolute Gasteiger partial charge is 0.481 e. The quantitative estimate of drug-likeness (QED) is 0.829. The van der Waals surface area contributed by atoms with Crippen molar-refractivity contribution < 1.29 is 19.4 Å². The van der Waals surface area contributed by atoms with Gasteiger partial charge in [-0.2, -0.15) is 0 Å². The van der Waals surface area contributed by atoms with Gasteiger partial charge in [0.25, 0.3) is 0 Å². The van der Waals surface area contributed by atoms with E-state index in [9.17, 15) is 14.7 Å². The molecule has 5 nitrogen and oxygen atoms in total. The first-order valence-corrected chi connectivity index (χ1v) is 7.77. The van der Waals surface area contributed by atoms with Gasteiger partial charge in [0, 0.05) is 26.1 Å². The molecule has 0 radical (unpaired) electrons. The lowest BCUT2D eigenvalue weighted by molar-refractivity contribution is -0.142. The van der Waals surface area contributed by atoms with Gasteiger partial charge in [0.1, 0.15) is 0 Å². The van der Waals surface area contributed by atoms with Gasteiger partial charge in [-0.05, 0) is 43.9 Å². The molecule has 1 aliphatic carbocycles. The van der Waals surface area contributed by atoms with Crippen LogP contribution in [0.3, 0.4) is 0 Å². The van der Waals surface area contributed by atoms with E-state index in [1.54, 1.807) is 4.90 Å². The smallest absolute Gasteiger partial charge is 0.308 e. The molecule has 112 valence electrons. The number of nitrogens with zero attached hydrogens (tertiary/aromatic N) is 1. The number of carbonyl (C=O) groups excluding carboxylic acids is 1. The molecule has 0 aromatic rings. The van der Waals surface area contributed by atoms with E-state index in [0.717, 1.165) is 38.7 Å². The van der Waals surface area contributed by atoms with Crippen molar-refractivity contribution in [1.82, 2.24) is 4.90 Å². The highest BCUT2D eigenvalue weighted by molar-refractivity contribution is 5.79. The van der Waals surface area contributed by atoms with Crippen molar-refractivity contribution in [3.8, 4) is 0 Å². The van der Waals surface area contributed by atoms with Gasteiger partial charge in [0.05, 0.1) is 12.0 Å². The second-order valence-corrected chi connectivity index (χ2v) is 6.42. The van der Waals surface area contributed by atoms with Crippen LogP contribution < -0.4 is 0 Å². The minimum absolute atomic E-state index is 0.106. The Balaban J connectivity index is 1.51. The maximum Gasteiger partial charge on any atom is 0.308 e. The highest BCUT2D eigenvalue weighted by Crippen LogP contribution is 2.44. The molecular weight excluding hydrogens is 258 g/mol. The Labute approximate surface area is 119 Å². The molecule has 0 aromatic carbocycles. The molecule has 3 rings (SSSR count). The van der Waals surface area contributed by atoms with Gasteiger partial charge in [-0.1, -0.05) is 0 Å². The van der Waals surface area contributed by atoms with E-state index in [2.05, 4.69) is 0 Å². The molecule has 3 aliphatic rings. The molecule has 1 amide bonds. The Bertz CT molecular complexity index is 387. The van der Waals surface area contributed by atoms with Crippen LogP contribution in [0.5, 0.6) is 0 Å². The second kappa shape index (κ2) is 5.72. The second-order valence-electron chi connectivity index (χ2n) is 6.42. The fourth-order valence-corrected chi connectivity index (χ4v) is 3.61. The van der Waals surface area contributed by atoms with E-state index in [-0.39, 0.29) is 23.8 Å². The number of ether oxygens (including phenoxy) is 1. The summed E-state index contributed by atoms with van der Waals surface area (Å²) in [7, 11) is 0. The minimum atomic E-state index is -0.740. The van der Waals surface area contributed by atoms with Crippen LogP contribution in [-0.2, 0) is 14.3 Å². The number of carboxylic acid groups (broad SMARTS) is 1. The van der Waals surface area contributed by atoms with Crippen LogP contribution in [0.1, 0.15) is 38.5 Å². The lowest BCUT2D eigenvalue weighted by Gasteiger charge is -2.17. The standard InChI is InChI=1S/C15H23NO4/c17-14(6-5-11-2-1-7-20-11)16-8-12(10-3-4-10)13(9-16)15(18)19/h10-13H,1-9H2,(H,18,19)/t11?,12-,13+/m1/s1. The number of hydrogen-bond acceptors (Lipinski definition) is 3. The molecule has 1 saturated carbocycles. The SMILES string of the molecule is O=C(O)[C@H]1CN(C(=O)CCC2CCCO2)C[C@@H]1C1CC1. The molecule has 20 heavy (non-hydrogen) atoms. The van der Waals surface area contributed by atoms with Crippen molar-refractivity contribution in [2.75, 3.05) is 19.7 Å². The predicted molar refractivity (Wildman–Crippen MR) is 72.1 cm³/mol. The van der Waals surface area contributed by atoms with Crippen molar-refractivity contribution in [3.63, 3.8) is 0 Å². The third-order valence-electron chi connectivity index (χ3n) is 4.97. The average Bonchev–Trinajstić information content (AvgIpc) is 2.97. The molecule has 5 heteroatoms. The van der Waals surface area contributed by atoms with Crippen LogP contribution >= 0.6 is 0 Å². The maximum atomic E-state index is 12.2. The van der Waals surface area contributed by atoms with E-state index < -0.39 is 5.97 Å². The monoisotopic (exact) mass is 281 g/mol. The molecule has 0 aromatic heterocycles. The van der Waals surface area contributed by atoms with Gasteiger partial charge < -0.3 is 14.7 Å². The van der Waals surface area contributed by atoms with Gasteiger partial charge in [-0.25, -0.2) is 0 Å². The Morgan fingerprint density at radius 2 is 2.00 bits per heavy atom. The van der Waals surface area contributed by atoms with Crippen LogP contribution in [0.2, 0.25) is 0 Å². The summed E-state index contributed by atoms with van der Waals surface area (Å²) in [5.41, 5.74) is 0. The van der Waals surface area contributed by atoms with E-state index in [0.29, 0.717) is 25.4 Å². The summed E-state index contributed by atoms with van der Waals surface area (Å²) in [5, 5.41) is 9.30. The molecule has 3 fully saturated rings. The van der Waals surface area contributed by atoms with Gasteiger partial charge >= 0.3 is 5.97 Å². The van der Waals surface area contributed by atoms with Crippen molar-refractivity contribution in [3.05, 3.63) is 0 Å². The first kappa shape index (κ1) is 13.9. The van der Waals surface area contributed by atoms with Gasteiger partial charge in [-0.3, -0.25) is 9.59 Å². The number of hydrogen-bond donors (Lipinski definition) is 1. The maximum absolute atomic E-state index is 12.2. The van der Waals surface area contributed by atoms with E-state index in [1.807, 2.05) is 0 Å². The van der Waals surface area contributed by atoms with Crippen molar-refractivity contribution in [1.29, 1.82) is 0 Å². The van der Waals surface area contributed by atoms with Crippen LogP contribution in [0, 0.1) is 17.8 Å². The summed E-state index contributed by atoms with van der Waals surface area (Å²) in [6.45, 7) is 1.86. The molecular formula is C15H23NO4. The summed E-state index contributed by atoms with van der Waals surface area (Å²) in [4.78, 5) is 25.3.